The number of anilines is 2. The number of nitrogens with zero attached hydrogens (tertiary/aromatic N) is 3. The van der Waals surface area contributed by atoms with E-state index in [1.807, 2.05) is 25.1 Å². The van der Waals surface area contributed by atoms with E-state index >= 15 is 0 Å². The molecule has 0 aliphatic carbocycles. The molecular formula is C11H10BrClN4O. The van der Waals surface area contributed by atoms with Crippen LogP contribution in [-0.4, -0.2) is 22.1 Å². The van der Waals surface area contributed by atoms with Crippen molar-refractivity contribution in [2.24, 2.45) is 0 Å². The van der Waals surface area contributed by atoms with Crippen LogP contribution in [0.1, 0.15) is 5.56 Å². The molecule has 0 radical (unpaired) electrons. The molecule has 0 aliphatic heterocycles. The molecule has 0 saturated heterocycles. The van der Waals surface area contributed by atoms with Gasteiger partial charge in [-0.25, -0.2) is 0 Å². The van der Waals surface area contributed by atoms with Crippen LogP contribution in [0.15, 0.2) is 22.7 Å². The van der Waals surface area contributed by atoms with Crippen LogP contribution in [0.4, 0.5) is 11.6 Å². The first-order valence-electron chi connectivity index (χ1n) is 5.08. The Bertz CT molecular complexity index is 579. The second kappa shape index (κ2) is 5.49. The molecule has 1 heterocycles. The van der Waals surface area contributed by atoms with E-state index in [0.717, 1.165) is 15.7 Å². The SMILES string of the molecule is COc1nc(Cl)nc(Nc2cccc(Br)c2C)n1. The highest BCUT2D eigenvalue weighted by atomic mass is 79.9. The van der Waals surface area contributed by atoms with Crippen LogP contribution < -0.4 is 10.1 Å². The van der Waals surface area contributed by atoms with Crippen molar-refractivity contribution in [2.75, 3.05) is 12.4 Å². The second-order valence-corrected chi connectivity index (χ2v) is 4.64. The zero-order valence-electron chi connectivity index (χ0n) is 9.74. The molecular weight excluding hydrogens is 320 g/mol. The Morgan fingerprint density at radius 3 is 2.78 bits per heavy atom. The number of benzene rings is 1. The normalized spacial score (nSPS) is 10.2. The fourth-order valence-electron chi connectivity index (χ4n) is 1.34. The molecule has 7 heteroatoms. The largest absolute Gasteiger partial charge is 0.467 e. The maximum Gasteiger partial charge on any atom is 0.322 e. The van der Waals surface area contributed by atoms with Gasteiger partial charge in [0.1, 0.15) is 0 Å². The Balaban J connectivity index is 2.34. The highest BCUT2D eigenvalue weighted by Crippen LogP contribution is 2.25. The topological polar surface area (TPSA) is 59.9 Å². The molecule has 0 unspecified atom stereocenters. The fraction of sp³-hybridized carbons (Fsp3) is 0.182. The average molecular weight is 330 g/mol. The van der Waals surface area contributed by atoms with Gasteiger partial charge in [-0.2, -0.15) is 15.0 Å². The average Bonchev–Trinajstić information content (AvgIpc) is 2.34. The van der Waals surface area contributed by atoms with E-state index in [4.69, 9.17) is 16.3 Å². The van der Waals surface area contributed by atoms with Crippen molar-refractivity contribution in [1.29, 1.82) is 0 Å². The van der Waals surface area contributed by atoms with Gasteiger partial charge in [0, 0.05) is 10.2 Å². The number of rotatable bonds is 3. The predicted octanol–water partition coefficient (Wildman–Crippen LogP) is 3.35. The molecule has 18 heavy (non-hydrogen) atoms. The third-order valence-electron chi connectivity index (χ3n) is 2.28. The Labute approximate surface area is 118 Å². The van der Waals surface area contributed by atoms with E-state index in [9.17, 15) is 0 Å². The summed E-state index contributed by atoms with van der Waals surface area (Å²) in [6.07, 6.45) is 0. The molecule has 0 saturated carbocycles. The zero-order chi connectivity index (χ0) is 13.1. The predicted molar refractivity (Wildman–Crippen MR) is 73.6 cm³/mol. The van der Waals surface area contributed by atoms with Gasteiger partial charge in [0.05, 0.1) is 7.11 Å². The molecule has 0 fully saturated rings. The molecule has 2 aromatic rings. The minimum absolute atomic E-state index is 0.0806. The van der Waals surface area contributed by atoms with Crippen molar-refractivity contribution in [2.45, 2.75) is 6.92 Å². The molecule has 0 spiro atoms. The lowest BCUT2D eigenvalue weighted by molar-refractivity contribution is 0.379. The van der Waals surface area contributed by atoms with E-state index in [1.165, 1.54) is 7.11 Å². The quantitative estimate of drug-likeness (QED) is 0.936. The zero-order valence-corrected chi connectivity index (χ0v) is 12.1. The number of ether oxygens (including phenoxy) is 1. The Morgan fingerprint density at radius 2 is 2.06 bits per heavy atom. The maximum atomic E-state index is 5.77. The van der Waals surface area contributed by atoms with E-state index in [1.54, 1.807) is 0 Å². The van der Waals surface area contributed by atoms with E-state index in [0.29, 0.717) is 5.95 Å². The minimum Gasteiger partial charge on any atom is -0.467 e. The first-order valence-corrected chi connectivity index (χ1v) is 6.25. The number of aromatic nitrogens is 3. The number of nitrogens with one attached hydrogen (secondary N) is 1. The molecule has 0 atom stereocenters. The molecule has 2 rings (SSSR count). The summed E-state index contributed by atoms with van der Waals surface area (Å²) in [7, 11) is 1.47. The van der Waals surface area contributed by atoms with Crippen molar-refractivity contribution in [1.82, 2.24) is 15.0 Å². The summed E-state index contributed by atoms with van der Waals surface area (Å²) >= 11 is 9.23. The molecule has 0 aliphatic rings. The minimum atomic E-state index is 0.0806. The van der Waals surface area contributed by atoms with Gasteiger partial charge in [-0.05, 0) is 36.2 Å². The van der Waals surface area contributed by atoms with Crippen LogP contribution in [0.3, 0.4) is 0 Å². The van der Waals surface area contributed by atoms with Gasteiger partial charge in [0.25, 0.3) is 0 Å². The fourth-order valence-corrected chi connectivity index (χ4v) is 1.86. The highest BCUT2D eigenvalue weighted by Gasteiger charge is 2.07. The molecule has 0 bridgehead atoms. The first-order chi connectivity index (χ1) is 8.60. The van der Waals surface area contributed by atoms with E-state index in [2.05, 4.69) is 36.2 Å². The van der Waals surface area contributed by atoms with Crippen LogP contribution in [0.5, 0.6) is 6.01 Å². The molecule has 94 valence electrons. The van der Waals surface area contributed by atoms with Gasteiger partial charge in [-0.1, -0.05) is 22.0 Å². The summed E-state index contributed by atoms with van der Waals surface area (Å²) in [4.78, 5) is 11.9. The van der Waals surface area contributed by atoms with Crippen molar-refractivity contribution < 1.29 is 4.74 Å². The second-order valence-electron chi connectivity index (χ2n) is 3.45. The monoisotopic (exact) mass is 328 g/mol. The van der Waals surface area contributed by atoms with Crippen LogP contribution in [0, 0.1) is 6.92 Å². The van der Waals surface area contributed by atoms with Crippen LogP contribution in [0.2, 0.25) is 5.28 Å². The molecule has 1 aromatic heterocycles. The Morgan fingerprint density at radius 1 is 1.28 bits per heavy atom. The van der Waals surface area contributed by atoms with Crippen LogP contribution in [-0.2, 0) is 0 Å². The van der Waals surface area contributed by atoms with Gasteiger partial charge in [-0.3, -0.25) is 0 Å². The van der Waals surface area contributed by atoms with Crippen LogP contribution in [0.25, 0.3) is 0 Å². The maximum absolute atomic E-state index is 5.77. The van der Waals surface area contributed by atoms with Gasteiger partial charge < -0.3 is 10.1 Å². The van der Waals surface area contributed by atoms with Gasteiger partial charge in [-0.15, -0.1) is 0 Å². The number of methoxy groups -OCH3 is 1. The smallest absolute Gasteiger partial charge is 0.322 e. The number of halogens is 2. The van der Waals surface area contributed by atoms with Crippen LogP contribution >= 0.6 is 27.5 Å². The summed E-state index contributed by atoms with van der Waals surface area (Å²) in [5.41, 5.74) is 1.93. The van der Waals surface area contributed by atoms with Gasteiger partial charge in [0.2, 0.25) is 11.2 Å². The molecule has 0 amide bonds. The summed E-state index contributed by atoms with van der Waals surface area (Å²) in [6.45, 7) is 1.98. The summed E-state index contributed by atoms with van der Waals surface area (Å²) in [6, 6.07) is 5.97. The molecule has 1 N–H and O–H groups in total. The third kappa shape index (κ3) is 2.88. The third-order valence-corrected chi connectivity index (χ3v) is 3.31. The van der Waals surface area contributed by atoms with Gasteiger partial charge in [0.15, 0.2) is 0 Å². The molecule has 1 aromatic carbocycles. The van der Waals surface area contributed by atoms with Crippen molar-refractivity contribution >= 4 is 39.2 Å². The highest BCUT2D eigenvalue weighted by molar-refractivity contribution is 9.10. The first kappa shape index (κ1) is 13.0. The Hall–Kier alpha value is -1.40. The van der Waals surface area contributed by atoms with E-state index in [-0.39, 0.29) is 11.3 Å². The van der Waals surface area contributed by atoms with Crippen molar-refractivity contribution in [3.63, 3.8) is 0 Å². The lowest BCUT2D eigenvalue weighted by atomic mass is 10.2. The standard InChI is InChI=1S/C11H10BrClN4O/c1-6-7(12)4-3-5-8(6)14-10-15-9(13)16-11(17-10)18-2/h3-5H,1-2H3,(H,14,15,16,17). The summed E-state index contributed by atoms with van der Waals surface area (Å²) in [5.74, 6) is 0.341. The van der Waals surface area contributed by atoms with E-state index < -0.39 is 0 Å². The molecule has 5 nitrogen and oxygen atoms in total. The van der Waals surface area contributed by atoms with Crippen molar-refractivity contribution in [3.05, 3.63) is 33.5 Å². The summed E-state index contributed by atoms with van der Waals surface area (Å²) < 4.78 is 5.93. The number of hydrogen-bond donors (Lipinski definition) is 1. The lowest BCUT2D eigenvalue weighted by Crippen LogP contribution is -2.02. The lowest BCUT2D eigenvalue weighted by Gasteiger charge is -2.09. The van der Waals surface area contributed by atoms with Crippen molar-refractivity contribution in [3.8, 4) is 6.01 Å². The summed E-state index contributed by atoms with van der Waals surface area (Å²) in [5, 5.41) is 3.15. The van der Waals surface area contributed by atoms with Gasteiger partial charge >= 0.3 is 6.01 Å². The number of hydrogen-bond acceptors (Lipinski definition) is 5. The Kier molecular flexibility index (Phi) is 3.98.